The predicted octanol–water partition coefficient (Wildman–Crippen LogP) is 3.26. The van der Waals surface area contributed by atoms with Gasteiger partial charge in [0.05, 0.1) is 12.6 Å². The molecule has 0 radical (unpaired) electrons. The number of nitrogens with one attached hydrogen (secondary N) is 1. The third kappa shape index (κ3) is 6.69. The van der Waals surface area contributed by atoms with Gasteiger partial charge < -0.3 is 5.32 Å². The molecule has 0 atom stereocenters. The van der Waals surface area contributed by atoms with Crippen molar-refractivity contribution in [1.82, 2.24) is 4.90 Å². The molecule has 108 valence electrons. The van der Waals surface area contributed by atoms with Gasteiger partial charge in [-0.25, -0.2) is 0 Å². The molecule has 0 aliphatic heterocycles. The van der Waals surface area contributed by atoms with Gasteiger partial charge in [-0.1, -0.05) is 29.8 Å². The fourth-order valence-electron chi connectivity index (χ4n) is 1.90. The number of halogens is 1. The van der Waals surface area contributed by atoms with Crippen molar-refractivity contribution in [3.05, 3.63) is 28.7 Å². The second kappa shape index (κ2) is 8.72. The van der Waals surface area contributed by atoms with Gasteiger partial charge in [0.25, 0.3) is 0 Å². The van der Waals surface area contributed by atoms with E-state index in [1.165, 1.54) is 0 Å². The van der Waals surface area contributed by atoms with Gasteiger partial charge in [-0.3, -0.25) is 9.69 Å². The SMILES string of the molecule is CC(C)CN(CCC#N)CC(=O)Nc1ccc(Br)cc1. The Morgan fingerprint density at radius 1 is 1.40 bits per heavy atom. The van der Waals surface area contributed by atoms with Crippen LogP contribution in [0.2, 0.25) is 0 Å². The van der Waals surface area contributed by atoms with E-state index in [1.54, 1.807) is 0 Å². The second-order valence-electron chi connectivity index (χ2n) is 5.09. The molecule has 1 aromatic rings. The Balaban J connectivity index is 2.52. The van der Waals surface area contributed by atoms with Gasteiger partial charge in [0.2, 0.25) is 5.91 Å². The van der Waals surface area contributed by atoms with Crippen molar-refractivity contribution >= 4 is 27.5 Å². The van der Waals surface area contributed by atoms with Crippen molar-refractivity contribution in [3.8, 4) is 6.07 Å². The summed E-state index contributed by atoms with van der Waals surface area (Å²) in [5.74, 6) is 0.417. The van der Waals surface area contributed by atoms with Crippen LogP contribution in [0.5, 0.6) is 0 Å². The minimum Gasteiger partial charge on any atom is -0.325 e. The van der Waals surface area contributed by atoms with E-state index in [4.69, 9.17) is 5.26 Å². The summed E-state index contributed by atoms with van der Waals surface area (Å²) in [5.41, 5.74) is 0.781. The summed E-state index contributed by atoms with van der Waals surface area (Å²) in [7, 11) is 0. The maximum atomic E-state index is 12.0. The molecule has 0 aliphatic carbocycles. The van der Waals surface area contributed by atoms with Gasteiger partial charge in [0.1, 0.15) is 0 Å². The van der Waals surface area contributed by atoms with Crippen LogP contribution in [0.1, 0.15) is 20.3 Å². The normalized spacial score (nSPS) is 10.6. The van der Waals surface area contributed by atoms with E-state index in [9.17, 15) is 4.79 Å². The van der Waals surface area contributed by atoms with Crippen LogP contribution in [-0.2, 0) is 4.79 Å². The van der Waals surface area contributed by atoms with E-state index < -0.39 is 0 Å². The molecule has 1 N–H and O–H groups in total. The maximum Gasteiger partial charge on any atom is 0.238 e. The minimum atomic E-state index is -0.0501. The highest BCUT2D eigenvalue weighted by Gasteiger charge is 2.12. The molecule has 4 nitrogen and oxygen atoms in total. The quantitative estimate of drug-likeness (QED) is 0.830. The molecule has 0 fully saturated rings. The van der Waals surface area contributed by atoms with Crippen molar-refractivity contribution < 1.29 is 4.79 Å². The van der Waals surface area contributed by atoms with E-state index in [2.05, 4.69) is 41.2 Å². The number of carbonyl (C=O) groups is 1. The van der Waals surface area contributed by atoms with Crippen LogP contribution in [-0.4, -0.2) is 30.4 Å². The number of amides is 1. The van der Waals surface area contributed by atoms with E-state index in [0.717, 1.165) is 16.7 Å². The Morgan fingerprint density at radius 3 is 2.60 bits per heavy atom. The van der Waals surface area contributed by atoms with Crippen molar-refractivity contribution in [2.24, 2.45) is 5.92 Å². The molecular weight excluding hydrogens is 318 g/mol. The first-order valence-corrected chi connectivity index (χ1v) is 7.45. The summed E-state index contributed by atoms with van der Waals surface area (Å²) in [6.45, 7) is 5.96. The molecule has 0 unspecified atom stereocenters. The van der Waals surface area contributed by atoms with Crippen LogP contribution in [0.25, 0.3) is 0 Å². The first-order chi connectivity index (χ1) is 9.51. The summed E-state index contributed by atoms with van der Waals surface area (Å²) in [6.07, 6.45) is 0.443. The Labute approximate surface area is 128 Å². The first kappa shape index (κ1) is 16.7. The number of carbonyl (C=O) groups excluding carboxylic acids is 1. The monoisotopic (exact) mass is 337 g/mol. The molecule has 0 aliphatic rings. The van der Waals surface area contributed by atoms with Gasteiger partial charge in [0, 0.05) is 29.7 Å². The summed E-state index contributed by atoms with van der Waals surface area (Å²) < 4.78 is 0.978. The highest BCUT2D eigenvalue weighted by molar-refractivity contribution is 9.10. The average molecular weight is 338 g/mol. The summed E-state index contributed by atoms with van der Waals surface area (Å²) in [5, 5.41) is 11.5. The maximum absolute atomic E-state index is 12.0. The second-order valence-corrected chi connectivity index (χ2v) is 6.01. The highest BCUT2D eigenvalue weighted by Crippen LogP contribution is 2.14. The molecule has 0 saturated heterocycles. The number of hydrogen-bond acceptors (Lipinski definition) is 3. The number of benzene rings is 1. The topological polar surface area (TPSA) is 56.1 Å². The van der Waals surface area contributed by atoms with Crippen molar-refractivity contribution in [2.75, 3.05) is 25.0 Å². The van der Waals surface area contributed by atoms with E-state index in [-0.39, 0.29) is 5.91 Å². The van der Waals surface area contributed by atoms with Gasteiger partial charge in [0.15, 0.2) is 0 Å². The van der Waals surface area contributed by atoms with Crippen LogP contribution < -0.4 is 5.32 Å². The number of hydrogen-bond donors (Lipinski definition) is 1. The predicted molar refractivity (Wildman–Crippen MR) is 84.3 cm³/mol. The lowest BCUT2D eigenvalue weighted by Gasteiger charge is -2.22. The zero-order valence-electron chi connectivity index (χ0n) is 11.9. The lowest BCUT2D eigenvalue weighted by atomic mass is 10.2. The summed E-state index contributed by atoms with van der Waals surface area (Å²) in [6, 6.07) is 9.60. The van der Waals surface area contributed by atoms with Crippen LogP contribution in [0, 0.1) is 17.2 Å². The molecule has 0 spiro atoms. The number of nitriles is 1. The standard InChI is InChI=1S/C15H20BrN3O/c1-12(2)10-19(9-3-8-17)11-15(20)18-14-6-4-13(16)5-7-14/h4-7,12H,3,9-11H2,1-2H3,(H,18,20). The summed E-state index contributed by atoms with van der Waals surface area (Å²) >= 11 is 3.36. The smallest absolute Gasteiger partial charge is 0.238 e. The van der Waals surface area contributed by atoms with Crippen LogP contribution >= 0.6 is 15.9 Å². The largest absolute Gasteiger partial charge is 0.325 e. The molecule has 0 saturated carbocycles. The molecular formula is C15H20BrN3O. The van der Waals surface area contributed by atoms with E-state index in [1.807, 2.05) is 29.2 Å². The zero-order valence-corrected chi connectivity index (χ0v) is 13.5. The average Bonchev–Trinajstić information content (AvgIpc) is 2.38. The van der Waals surface area contributed by atoms with E-state index >= 15 is 0 Å². The number of nitrogens with zero attached hydrogens (tertiary/aromatic N) is 2. The molecule has 0 aromatic heterocycles. The lowest BCUT2D eigenvalue weighted by molar-refractivity contribution is -0.117. The summed E-state index contributed by atoms with van der Waals surface area (Å²) in [4.78, 5) is 14.0. The lowest BCUT2D eigenvalue weighted by Crippen LogP contribution is -2.36. The van der Waals surface area contributed by atoms with Crippen LogP contribution in [0.3, 0.4) is 0 Å². The highest BCUT2D eigenvalue weighted by atomic mass is 79.9. The molecule has 1 amide bonds. The fourth-order valence-corrected chi connectivity index (χ4v) is 2.16. The molecule has 1 aromatic carbocycles. The van der Waals surface area contributed by atoms with Crippen molar-refractivity contribution in [1.29, 1.82) is 5.26 Å². The van der Waals surface area contributed by atoms with Gasteiger partial charge >= 0.3 is 0 Å². The Morgan fingerprint density at radius 2 is 2.05 bits per heavy atom. The third-order valence-electron chi connectivity index (χ3n) is 2.66. The Kier molecular flexibility index (Phi) is 7.27. The third-order valence-corrected chi connectivity index (χ3v) is 3.19. The molecule has 20 heavy (non-hydrogen) atoms. The van der Waals surface area contributed by atoms with Crippen LogP contribution in [0.15, 0.2) is 28.7 Å². The zero-order chi connectivity index (χ0) is 15.0. The Bertz CT molecular complexity index is 465. The molecule has 0 heterocycles. The van der Waals surface area contributed by atoms with Gasteiger partial charge in [-0.2, -0.15) is 5.26 Å². The fraction of sp³-hybridized carbons (Fsp3) is 0.467. The molecule has 1 rings (SSSR count). The first-order valence-electron chi connectivity index (χ1n) is 6.66. The van der Waals surface area contributed by atoms with Gasteiger partial charge in [-0.05, 0) is 30.2 Å². The Hall–Kier alpha value is -1.38. The molecule has 5 heteroatoms. The molecule has 0 bridgehead atoms. The number of rotatable bonds is 7. The van der Waals surface area contributed by atoms with E-state index in [0.29, 0.717) is 25.4 Å². The van der Waals surface area contributed by atoms with Crippen molar-refractivity contribution in [3.63, 3.8) is 0 Å². The number of anilines is 1. The van der Waals surface area contributed by atoms with Gasteiger partial charge in [-0.15, -0.1) is 0 Å². The van der Waals surface area contributed by atoms with Crippen molar-refractivity contribution in [2.45, 2.75) is 20.3 Å². The van der Waals surface area contributed by atoms with Crippen LogP contribution in [0.4, 0.5) is 5.69 Å². The minimum absolute atomic E-state index is 0.0501.